The zero-order chi connectivity index (χ0) is 15.6. The van der Waals surface area contributed by atoms with E-state index in [2.05, 4.69) is 5.32 Å². The van der Waals surface area contributed by atoms with Crippen LogP contribution in [0.25, 0.3) is 0 Å². The first-order valence-electron chi connectivity index (χ1n) is 6.29. The van der Waals surface area contributed by atoms with E-state index in [1.807, 2.05) is 0 Å². The molecule has 9 heteroatoms. The molecule has 0 radical (unpaired) electrons. The molecule has 1 aliphatic carbocycles. The van der Waals surface area contributed by atoms with Crippen LogP contribution in [0.2, 0.25) is 0 Å². The second kappa shape index (κ2) is 6.29. The Bertz CT molecular complexity index is 618. The van der Waals surface area contributed by atoms with Gasteiger partial charge in [0.25, 0.3) is 6.43 Å². The van der Waals surface area contributed by atoms with Crippen LogP contribution < -0.4 is 10.0 Å². The lowest BCUT2D eigenvalue weighted by Gasteiger charge is -2.11. The molecule has 21 heavy (non-hydrogen) atoms. The molecule has 1 fully saturated rings. The Hall–Kier alpha value is -1.19. The van der Waals surface area contributed by atoms with E-state index in [0.717, 1.165) is 25.0 Å². The summed E-state index contributed by atoms with van der Waals surface area (Å²) in [7, 11) is -4.45. The number of hydrogen-bond acceptors (Lipinski definition) is 3. The highest BCUT2D eigenvalue weighted by Crippen LogP contribution is 2.24. The fourth-order valence-corrected chi connectivity index (χ4v) is 2.84. The highest BCUT2D eigenvalue weighted by molar-refractivity contribution is 7.89. The molecular formula is C12H14F4N2O2S. The molecule has 0 amide bonds. The highest BCUT2D eigenvalue weighted by atomic mass is 32.2. The third kappa shape index (κ3) is 4.14. The van der Waals surface area contributed by atoms with Crippen molar-refractivity contribution in [3.8, 4) is 0 Å². The molecule has 1 saturated carbocycles. The minimum atomic E-state index is -4.45. The van der Waals surface area contributed by atoms with Gasteiger partial charge in [-0.3, -0.25) is 0 Å². The summed E-state index contributed by atoms with van der Waals surface area (Å²) in [5.74, 6) is -2.14. The first kappa shape index (κ1) is 16.2. The Morgan fingerprint density at radius 1 is 1.24 bits per heavy atom. The van der Waals surface area contributed by atoms with Crippen LogP contribution in [-0.2, 0) is 16.6 Å². The van der Waals surface area contributed by atoms with Crippen molar-refractivity contribution in [1.29, 1.82) is 0 Å². The first-order chi connectivity index (χ1) is 9.81. The molecule has 1 aliphatic rings. The second-order valence-electron chi connectivity index (χ2n) is 4.74. The van der Waals surface area contributed by atoms with Gasteiger partial charge in [-0.25, -0.2) is 30.7 Å². The summed E-state index contributed by atoms with van der Waals surface area (Å²) in [6, 6.07) is 1.71. The second-order valence-corrected chi connectivity index (χ2v) is 6.47. The zero-order valence-electron chi connectivity index (χ0n) is 10.9. The van der Waals surface area contributed by atoms with Crippen LogP contribution in [0, 0.1) is 11.6 Å². The molecular weight excluding hydrogens is 312 g/mol. The molecule has 4 nitrogen and oxygen atoms in total. The lowest BCUT2D eigenvalue weighted by atomic mass is 10.2. The fourth-order valence-electron chi connectivity index (χ4n) is 1.73. The minimum Gasteiger partial charge on any atom is -0.310 e. The number of sulfonamides is 1. The molecule has 2 rings (SSSR count). The van der Waals surface area contributed by atoms with Crippen molar-refractivity contribution < 1.29 is 26.0 Å². The van der Waals surface area contributed by atoms with Gasteiger partial charge in [-0.15, -0.1) is 0 Å². The largest absolute Gasteiger partial charge is 0.310 e. The van der Waals surface area contributed by atoms with Crippen LogP contribution in [0.4, 0.5) is 17.6 Å². The molecule has 0 saturated heterocycles. The molecule has 118 valence electrons. The SMILES string of the molecule is O=S(=O)(NCC(F)F)c1ccc(F)c(CNC2CC2)c1F. The molecule has 0 heterocycles. The van der Waals surface area contributed by atoms with E-state index >= 15 is 0 Å². The molecule has 0 spiro atoms. The standard InChI is InChI=1S/C12H14F4N2O2S/c13-9-3-4-10(21(19,20)18-6-11(14)15)12(16)8(9)5-17-7-1-2-7/h3-4,7,11,17-18H,1-2,5-6H2. The number of halogens is 4. The maximum atomic E-state index is 14.1. The molecule has 0 aliphatic heterocycles. The predicted molar refractivity (Wildman–Crippen MR) is 67.4 cm³/mol. The van der Waals surface area contributed by atoms with Crippen LogP contribution >= 0.6 is 0 Å². The molecule has 0 aromatic heterocycles. The Kier molecular flexibility index (Phi) is 4.84. The van der Waals surface area contributed by atoms with Gasteiger partial charge in [-0.2, -0.15) is 0 Å². The van der Waals surface area contributed by atoms with Crippen molar-refractivity contribution in [2.24, 2.45) is 0 Å². The number of alkyl halides is 2. The van der Waals surface area contributed by atoms with Crippen LogP contribution in [0.3, 0.4) is 0 Å². The Balaban J connectivity index is 2.24. The van der Waals surface area contributed by atoms with Crippen LogP contribution in [0.5, 0.6) is 0 Å². The topological polar surface area (TPSA) is 58.2 Å². The summed E-state index contributed by atoms with van der Waals surface area (Å²) in [6.45, 7) is -1.28. The number of nitrogens with one attached hydrogen (secondary N) is 2. The smallest absolute Gasteiger partial charge is 0.251 e. The summed E-state index contributed by atoms with van der Waals surface area (Å²) in [4.78, 5) is -0.836. The lowest BCUT2D eigenvalue weighted by molar-refractivity contribution is 0.153. The maximum absolute atomic E-state index is 14.1. The summed E-state index contributed by atoms with van der Waals surface area (Å²) >= 11 is 0. The monoisotopic (exact) mass is 326 g/mol. The van der Waals surface area contributed by atoms with E-state index in [4.69, 9.17) is 0 Å². The van der Waals surface area contributed by atoms with Crippen molar-refractivity contribution in [3.05, 3.63) is 29.3 Å². The van der Waals surface area contributed by atoms with Crippen molar-refractivity contribution in [3.63, 3.8) is 0 Å². The van der Waals surface area contributed by atoms with Crippen molar-refractivity contribution in [2.45, 2.75) is 36.7 Å². The minimum absolute atomic E-state index is 0.152. The molecule has 1 aromatic carbocycles. The first-order valence-corrected chi connectivity index (χ1v) is 7.77. The number of rotatable bonds is 7. The molecule has 0 atom stereocenters. The Labute approximate surface area is 119 Å². The molecule has 2 N–H and O–H groups in total. The lowest BCUT2D eigenvalue weighted by Crippen LogP contribution is -2.30. The van der Waals surface area contributed by atoms with Crippen LogP contribution in [-0.4, -0.2) is 27.4 Å². The van der Waals surface area contributed by atoms with Gasteiger partial charge in [0, 0.05) is 18.2 Å². The third-order valence-corrected chi connectivity index (χ3v) is 4.45. The van der Waals surface area contributed by atoms with E-state index in [0.29, 0.717) is 0 Å². The fraction of sp³-hybridized carbons (Fsp3) is 0.500. The van der Waals surface area contributed by atoms with Gasteiger partial charge in [0.2, 0.25) is 10.0 Å². The Morgan fingerprint density at radius 2 is 1.90 bits per heavy atom. The average Bonchev–Trinajstić information content (AvgIpc) is 3.20. The molecule has 0 bridgehead atoms. The Morgan fingerprint density at radius 3 is 2.48 bits per heavy atom. The van der Waals surface area contributed by atoms with Gasteiger partial charge in [-0.1, -0.05) is 0 Å². The van der Waals surface area contributed by atoms with Gasteiger partial charge in [-0.05, 0) is 25.0 Å². The third-order valence-electron chi connectivity index (χ3n) is 3.01. The van der Waals surface area contributed by atoms with Gasteiger partial charge < -0.3 is 5.32 Å². The summed E-state index contributed by atoms with van der Waals surface area (Å²) in [5.41, 5.74) is -0.415. The molecule has 1 aromatic rings. The van der Waals surface area contributed by atoms with Crippen molar-refractivity contribution in [2.75, 3.05) is 6.54 Å². The highest BCUT2D eigenvalue weighted by Gasteiger charge is 2.26. The quantitative estimate of drug-likeness (QED) is 0.751. The van der Waals surface area contributed by atoms with Crippen LogP contribution in [0.1, 0.15) is 18.4 Å². The predicted octanol–water partition coefficient (Wildman–Crippen LogP) is 1.76. The number of benzene rings is 1. The summed E-state index contributed by atoms with van der Waals surface area (Å²) in [5, 5.41) is 2.87. The van der Waals surface area contributed by atoms with Gasteiger partial charge in [0.15, 0.2) is 5.82 Å². The van der Waals surface area contributed by atoms with E-state index in [9.17, 15) is 26.0 Å². The summed E-state index contributed by atoms with van der Waals surface area (Å²) < 4.78 is 76.9. The van der Waals surface area contributed by atoms with E-state index in [1.165, 1.54) is 0 Å². The van der Waals surface area contributed by atoms with Gasteiger partial charge >= 0.3 is 0 Å². The van der Waals surface area contributed by atoms with Crippen molar-refractivity contribution in [1.82, 2.24) is 10.0 Å². The van der Waals surface area contributed by atoms with Gasteiger partial charge in [0.05, 0.1) is 6.54 Å². The average molecular weight is 326 g/mol. The molecule has 0 unspecified atom stereocenters. The summed E-state index contributed by atoms with van der Waals surface area (Å²) in [6.07, 6.45) is -1.10. The maximum Gasteiger partial charge on any atom is 0.251 e. The van der Waals surface area contributed by atoms with E-state index < -0.39 is 45.1 Å². The van der Waals surface area contributed by atoms with Crippen molar-refractivity contribution >= 4 is 10.0 Å². The normalized spacial score (nSPS) is 15.7. The van der Waals surface area contributed by atoms with E-state index in [-0.39, 0.29) is 12.6 Å². The van der Waals surface area contributed by atoms with Crippen LogP contribution in [0.15, 0.2) is 17.0 Å². The van der Waals surface area contributed by atoms with Gasteiger partial charge in [0.1, 0.15) is 10.7 Å². The van der Waals surface area contributed by atoms with E-state index in [1.54, 1.807) is 4.72 Å². The number of hydrogen-bond donors (Lipinski definition) is 2. The zero-order valence-corrected chi connectivity index (χ0v) is 11.7.